The number of hydrogen-bond donors (Lipinski definition) is 0. The van der Waals surface area contributed by atoms with Crippen molar-refractivity contribution < 1.29 is 4.42 Å². The van der Waals surface area contributed by atoms with Gasteiger partial charge in [0.2, 0.25) is 0 Å². The molecule has 4 heteroatoms. The number of anilines is 1. The normalized spacial score (nSPS) is 17.1. The first kappa shape index (κ1) is 13.2. The number of hydrogen-bond acceptors (Lipinski definition) is 4. The highest BCUT2D eigenvalue weighted by molar-refractivity contribution is 6.06. The predicted molar refractivity (Wildman–Crippen MR) is 89.7 cm³/mol. The molecule has 1 aromatic carbocycles. The second-order valence-electron chi connectivity index (χ2n) is 6.38. The lowest BCUT2D eigenvalue weighted by atomic mass is 10.1. The van der Waals surface area contributed by atoms with E-state index in [2.05, 4.69) is 67.1 Å². The van der Waals surface area contributed by atoms with E-state index >= 15 is 0 Å². The van der Waals surface area contributed by atoms with Gasteiger partial charge in [0.1, 0.15) is 11.2 Å². The van der Waals surface area contributed by atoms with Crippen molar-refractivity contribution in [3.05, 3.63) is 48.6 Å². The zero-order chi connectivity index (χ0) is 15.5. The molecule has 3 heterocycles. The smallest absolute Gasteiger partial charge is 0.153 e. The molecule has 22 heavy (non-hydrogen) atoms. The van der Waals surface area contributed by atoms with Crippen LogP contribution in [-0.2, 0) is 0 Å². The summed E-state index contributed by atoms with van der Waals surface area (Å²) in [5, 5.41) is 2.25. The highest BCUT2D eigenvalue weighted by atomic mass is 16.3. The van der Waals surface area contributed by atoms with E-state index < -0.39 is 0 Å². The summed E-state index contributed by atoms with van der Waals surface area (Å²) < 4.78 is 5.91. The van der Waals surface area contributed by atoms with Gasteiger partial charge in [-0.15, -0.1) is 0 Å². The van der Waals surface area contributed by atoms with Crippen molar-refractivity contribution in [2.24, 2.45) is 0 Å². The molecule has 0 unspecified atom stereocenters. The summed E-state index contributed by atoms with van der Waals surface area (Å²) in [5.41, 5.74) is 4.07. The van der Waals surface area contributed by atoms with E-state index in [1.807, 2.05) is 12.3 Å². The van der Waals surface area contributed by atoms with Crippen LogP contribution in [0.1, 0.15) is 19.4 Å². The van der Waals surface area contributed by atoms with Crippen LogP contribution >= 0.6 is 0 Å². The number of aryl methyl sites for hydroxylation is 1. The Morgan fingerprint density at radius 3 is 2.64 bits per heavy atom. The standard InChI is InChI=1S/C18H19N3O/c1-12-9-16-14(13-5-6-19-11-17(13)22-16)10-15(12)21-8-7-20(4)18(21,2)3/h5-11H,1-4H3. The molecule has 0 aliphatic carbocycles. The van der Waals surface area contributed by atoms with Crippen LogP contribution in [0.3, 0.4) is 0 Å². The van der Waals surface area contributed by atoms with Crippen molar-refractivity contribution in [1.82, 2.24) is 9.88 Å². The molecule has 4 rings (SSSR count). The zero-order valence-corrected chi connectivity index (χ0v) is 13.3. The summed E-state index contributed by atoms with van der Waals surface area (Å²) in [4.78, 5) is 8.67. The Morgan fingerprint density at radius 2 is 1.91 bits per heavy atom. The van der Waals surface area contributed by atoms with Crippen molar-refractivity contribution in [2.75, 3.05) is 11.9 Å². The van der Waals surface area contributed by atoms with Gasteiger partial charge in [-0.05, 0) is 44.5 Å². The molecule has 2 aromatic heterocycles. The van der Waals surface area contributed by atoms with Crippen LogP contribution < -0.4 is 4.90 Å². The van der Waals surface area contributed by atoms with Crippen molar-refractivity contribution >= 4 is 27.6 Å². The Kier molecular flexibility index (Phi) is 2.55. The fourth-order valence-electron chi connectivity index (χ4n) is 3.10. The van der Waals surface area contributed by atoms with E-state index in [1.54, 1.807) is 6.20 Å². The molecule has 1 aliphatic heterocycles. The topological polar surface area (TPSA) is 32.5 Å². The van der Waals surface area contributed by atoms with Crippen molar-refractivity contribution in [2.45, 2.75) is 26.4 Å². The van der Waals surface area contributed by atoms with Crippen LogP contribution in [0.25, 0.3) is 21.9 Å². The van der Waals surface area contributed by atoms with Gasteiger partial charge < -0.3 is 14.2 Å². The molecule has 0 N–H and O–H groups in total. The van der Waals surface area contributed by atoms with E-state index in [4.69, 9.17) is 4.42 Å². The largest absolute Gasteiger partial charge is 0.454 e. The van der Waals surface area contributed by atoms with Crippen molar-refractivity contribution in [3.8, 4) is 0 Å². The Morgan fingerprint density at radius 1 is 1.09 bits per heavy atom. The minimum atomic E-state index is -0.0838. The fraction of sp³-hybridized carbons (Fsp3) is 0.278. The lowest BCUT2D eigenvalue weighted by Crippen LogP contribution is -2.46. The van der Waals surface area contributed by atoms with Crippen LogP contribution in [-0.4, -0.2) is 22.6 Å². The van der Waals surface area contributed by atoms with Gasteiger partial charge in [-0.2, -0.15) is 0 Å². The maximum Gasteiger partial charge on any atom is 0.153 e. The van der Waals surface area contributed by atoms with Crippen LogP contribution in [0.4, 0.5) is 5.69 Å². The number of benzene rings is 1. The van der Waals surface area contributed by atoms with E-state index in [9.17, 15) is 0 Å². The van der Waals surface area contributed by atoms with Gasteiger partial charge in [0.15, 0.2) is 5.58 Å². The lowest BCUT2D eigenvalue weighted by molar-refractivity contribution is 0.253. The molecule has 0 saturated heterocycles. The van der Waals surface area contributed by atoms with Crippen molar-refractivity contribution in [3.63, 3.8) is 0 Å². The molecular formula is C18H19N3O. The molecule has 0 amide bonds. The van der Waals surface area contributed by atoms with E-state index in [1.165, 1.54) is 11.3 Å². The molecule has 0 bridgehead atoms. The van der Waals surface area contributed by atoms with Crippen LogP contribution in [0.5, 0.6) is 0 Å². The van der Waals surface area contributed by atoms with Gasteiger partial charge >= 0.3 is 0 Å². The van der Waals surface area contributed by atoms with Crippen LogP contribution in [0, 0.1) is 6.92 Å². The minimum absolute atomic E-state index is 0.0838. The average Bonchev–Trinajstić information content (AvgIpc) is 2.96. The number of pyridine rings is 1. The molecule has 0 spiro atoms. The van der Waals surface area contributed by atoms with Gasteiger partial charge in [-0.25, -0.2) is 0 Å². The quantitative estimate of drug-likeness (QED) is 0.671. The second kappa shape index (κ2) is 4.26. The maximum absolute atomic E-state index is 5.91. The second-order valence-corrected chi connectivity index (χ2v) is 6.38. The first-order chi connectivity index (χ1) is 10.5. The first-order valence-electron chi connectivity index (χ1n) is 7.46. The molecule has 0 atom stereocenters. The number of fused-ring (bicyclic) bond motifs is 3. The summed E-state index contributed by atoms with van der Waals surface area (Å²) in [7, 11) is 2.10. The molecule has 0 radical (unpaired) electrons. The third kappa shape index (κ3) is 1.67. The van der Waals surface area contributed by atoms with E-state index in [-0.39, 0.29) is 5.66 Å². The number of furan rings is 1. The minimum Gasteiger partial charge on any atom is -0.454 e. The van der Waals surface area contributed by atoms with Gasteiger partial charge in [0, 0.05) is 42.1 Å². The highest BCUT2D eigenvalue weighted by Gasteiger charge is 2.33. The fourth-order valence-corrected chi connectivity index (χ4v) is 3.10. The zero-order valence-electron chi connectivity index (χ0n) is 13.3. The van der Waals surface area contributed by atoms with E-state index in [0.717, 1.165) is 21.9 Å². The molecule has 1 aliphatic rings. The molecule has 4 nitrogen and oxygen atoms in total. The number of aromatic nitrogens is 1. The first-order valence-corrected chi connectivity index (χ1v) is 7.46. The van der Waals surface area contributed by atoms with E-state index in [0.29, 0.717) is 0 Å². The Labute approximate surface area is 129 Å². The van der Waals surface area contributed by atoms with Gasteiger partial charge in [0.25, 0.3) is 0 Å². The molecule has 0 saturated carbocycles. The number of nitrogens with zero attached hydrogens (tertiary/aromatic N) is 3. The summed E-state index contributed by atoms with van der Waals surface area (Å²) in [6, 6.07) is 6.35. The van der Waals surface area contributed by atoms with Gasteiger partial charge in [-0.1, -0.05) is 0 Å². The third-order valence-electron chi connectivity index (χ3n) is 4.74. The highest BCUT2D eigenvalue weighted by Crippen LogP contribution is 2.38. The third-order valence-corrected chi connectivity index (χ3v) is 4.74. The molecule has 3 aromatic rings. The summed E-state index contributed by atoms with van der Waals surface area (Å²) in [6.45, 7) is 6.56. The Hall–Kier alpha value is -2.49. The lowest BCUT2D eigenvalue weighted by Gasteiger charge is -2.39. The molecule has 0 fully saturated rings. The van der Waals surface area contributed by atoms with Crippen molar-refractivity contribution in [1.29, 1.82) is 0 Å². The Balaban J connectivity index is 1.97. The van der Waals surface area contributed by atoms with Gasteiger partial charge in [-0.3, -0.25) is 4.98 Å². The summed E-state index contributed by atoms with van der Waals surface area (Å²) >= 11 is 0. The molecule has 112 valence electrons. The van der Waals surface area contributed by atoms with Crippen LogP contribution in [0.15, 0.2) is 47.4 Å². The summed E-state index contributed by atoms with van der Waals surface area (Å²) in [5.74, 6) is 0. The van der Waals surface area contributed by atoms with Crippen LogP contribution in [0.2, 0.25) is 0 Å². The average molecular weight is 293 g/mol. The maximum atomic E-state index is 5.91. The Bertz CT molecular complexity index is 907. The number of rotatable bonds is 1. The van der Waals surface area contributed by atoms with Gasteiger partial charge in [0.05, 0.1) is 6.20 Å². The monoisotopic (exact) mass is 293 g/mol. The molecular weight excluding hydrogens is 274 g/mol. The SMILES string of the molecule is Cc1cc2oc3cnccc3c2cc1N1C=CN(C)C1(C)C. The summed E-state index contributed by atoms with van der Waals surface area (Å²) in [6.07, 6.45) is 7.83. The predicted octanol–water partition coefficient (Wildman–Crippen LogP) is 4.25.